The zero-order valence-corrected chi connectivity index (χ0v) is 20.1. The van der Waals surface area contributed by atoms with Crippen LogP contribution >= 0.6 is 0 Å². The summed E-state index contributed by atoms with van der Waals surface area (Å²) in [7, 11) is 0. The Hall–Kier alpha value is -4.58. The molecule has 0 bridgehead atoms. The summed E-state index contributed by atoms with van der Waals surface area (Å²) in [5.74, 6) is -2.23. The minimum Gasteiger partial charge on any atom is -0.453 e. The molecule has 0 unspecified atom stereocenters. The number of aliphatic hydroxyl groups excluding tert-OH is 1. The third-order valence-corrected chi connectivity index (χ3v) is 5.76. The standard InChI is InChI=1S/C26H25F2N5O5/c27-16-2-4-17(5-3-16)32-24(35)26(9-10-26)25(36)33-18-6-7-22(20(28)14-18)38-21-8-11-30-23(29)19(21)15-31-37-13-1-12-34/h2-8,11,14-15,34H,1,9-10,12-13H2,(H2,29,30)(H,32,35)(H,33,36)/b31-15+. The number of nitrogens with zero attached hydrogens (tertiary/aromatic N) is 2. The molecular weight excluding hydrogens is 500 g/mol. The van der Waals surface area contributed by atoms with E-state index in [0.29, 0.717) is 24.9 Å². The summed E-state index contributed by atoms with van der Waals surface area (Å²) in [6.45, 7) is 0.152. The Balaban J connectivity index is 1.42. The summed E-state index contributed by atoms with van der Waals surface area (Å²) in [6, 6.07) is 10.5. The number of nitrogen functional groups attached to an aromatic ring is 1. The van der Waals surface area contributed by atoms with Gasteiger partial charge in [0.1, 0.15) is 29.4 Å². The molecule has 4 rings (SSSR count). The highest BCUT2D eigenvalue weighted by atomic mass is 19.1. The number of benzene rings is 2. The van der Waals surface area contributed by atoms with Crippen molar-refractivity contribution in [2.45, 2.75) is 19.3 Å². The Morgan fingerprint density at radius 3 is 2.39 bits per heavy atom. The molecule has 0 saturated heterocycles. The summed E-state index contributed by atoms with van der Waals surface area (Å²) in [6.07, 6.45) is 3.71. The summed E-state index contributed by atoms with van der Waals surface area (Å²) in [5.41, 5.74) is 5.36. The molecule has 2 amide bonds. The van der Waals surface area contributed by atoms with Crippen LogP contribution in [0, 0.1) is 17.0 Å². The lowest BCUT2D eigenvalue weighted by molar-refractivity contribution is -0.131. The lowest BCUT2D eigenvalue weighted by Crippen LogP contribution is -2.35. The number of carbonyl (C=O) groups is 2. The number of aliphatic hydroxyl groups is 1. The number of halogens is 2. The van der Waals surface area contributed by atoms with Crippen molar-refractivity contribution in [1.29, 1.82) is 0 Å². The second kappa shape index (κ2) is 11.6. The molecule has 0 spiro atoms. The van der Waals surface area contributed by atoms with Crippen LogP contribution in [0.1, 0.15) is 24.8 Å². The molecule has 1 aromatic heterocycles. The first kappa shape index (κ1) is 26.5. The molecule has 1 aliphatic carbocycles. The predicted octanol–water partition coefficient (Wildman–Crippen LogP) is 3.82. The van der Waals surface area contributed by atoms with Gasteiger partial charge in [0, 0.05) is 36.7 Å². The number of pyridine rings is 1. The number of hydrogen-bond donors (Lipinski definition) is 4. The third-order valence-electron chi connectivity index (χ3n) is 5.76. The van der Waals surface area contributed by atoms with E-state index in [4.69, 9.17) is 20.4 Å². The van der Waals surface area contributed by atoms with Gasteiger partial charge < -0.3 is 31.0 Å². The molecule has 5 N–H and O–H groups in total. The van der Waals surface area contributed by atoms with Gasteiger partial charge in [-0.05, 0) is 55.3 Å². The van der Waals surface area contributed by atoms with Crippen LogP contribution in [0.25, 0.3) is 0 Å². The highest BCUT2D eigenvalue weighted by Gasteiger charge is 2.56. The van der Waals surface area contributed by atoms with E-state index in [2.05, 4.69) is 20.8 Å². The molecule has 198 valence electrons. The van der Waals surface area contributed by atoms with Gasteiger partial charge in [0.25, 0.3) is 0 Å². The Labute approximate surface area is 216 Å². The summed E-state index contributed by atoms with van der Waals surface area (Å²) in [4.78, 5) is 34.6. The zero-order chi connectivity index (χ0) is 27.1. The molecule has 0 aliphatic heterocycles. The van der Waals surface area contributed by atoms with E-state index < -0.39 is 28.9 Å². The van der Waals surface area contributed by atoms with Crippen LogP contribution in [0.3, 0.4) is 0 Å². The largest absolute Gasteiger partial charge is 0.453 e. The molecule has 38 heavy (non-hydrogen) atoms. The van der Waals surface area contributed by atoms with Crippen LogP contribution in [0.4, 0.5) is 26.0 Å². The molecule has 10 nitrogen and oxygen atoms in total. The number of nitrogens with one attached hydrogen (secondary N) is 2. The SMILES string of the molecule is Nc1nccc(Oc2ccc(NC(=O)C3(C(=O)Nc4ccc(F)cc4)CC3)cc2F)c1/C=N/OCCCO. The molecule has 3 aromatic rings. The fourth-order valence-corrected chi connectivity index (χ4v) is 3.46. The van der Waals surface area contributed by atoms with Gasteiger partial charge in [0.15, 0.2) is 11.6 Å². The Bertz CT molecular complexity index is 1350. The van der Waals surface area contributed by atoms with Crippen molar-refractivity contribution < 1.29 is 33.1 Å². The third kappa shape index (κ3) is 6.21. The molecule has 0 atom stereocenters. The minimum absolute atomic E-state index is 0.0428. The van der Waals surface area contributed by atoms with Gasteiger partial charge >= 0.3 is 0 Å². The maximum absolute atomic E-state index is 14.9. The highest BCUT2D eigenvalue weighted by molar-refractivity contribution is 6.16. The van der Waals surface area contributed by atoms with Crippen molar-refractivity contribution in [3.8, 4) is 11.5 Å². The van der Waals surface area contributed by atoms with E-state index >= 15 is 0 Å². The summed E-state index contributed by atoms with van der Waals surface area (Å²) in [5, 5.41) is 17.7. The second-order valence-electron chi connectivity index (χ2n) is 8.50. The lowest BCUT2D eigenvalue weighted by Gasteiger charge is -2.16. The van der Waals surface area contributed by atoms with Crippen molar-refractivity contribution in [2.24, 2.45) is 10.6 Å². The first-order valence-electron chi connectivity index (χ1n) is 11.7. The van der Waals surface area contributed by atoms with Crippen molar-refractivity contribution in [1.82, 2.24) is 4.98 Å². The van der Waals surface area contributed by atoms with Gasteiger partial charge in [-0.2, -0.15) is 0 Å². The number of ether oxygens (including phenoxy) is 1. The molecular formula is C26H25F2N5O5. The van der Waals surface area contributed by atoms with Crippen molar-refractivity contribution in [2.75, 3.05) is 29.6 Å². The van der Waals surface area contributed by atoms with Crippen LogP contribution in [0.5, 0.6) is 11.5 Å². The topological polar surface area (TPSA) is 148 Å². The fourth-order valence-electron chi connectivity index (χ4n) is 3.46. The van der Waals surface area contributed by atoms with Gasteiger partial charge in [-0.1, -0.05) is 5.16 Å². The van der Waals surface area contributed by atoms with Crippen LogP contribution in [0.2, 0.25) is 0 Å². The number of carbonyl (C=O) groups excluding carboxylic acids is 2. The van der Waals surface area contributed by atoms with E-state index in [9.17, 15) is 18.4 Å². The van der Waals surface area contributed by atoms with Gasteiger partial charge in [-0.15, -0.1) is 0 Å². The number of nitrogens with two attached hydrogens (primary N) is 1. The number of amides is 2. The molecule has 0 radical (unpaired) electrons. The maximum atomic E-state index is 14.9. The number of hydrogen-bond acceptors (Lipinski definition) is 8. The van der Waals surface area contributed by atoms with Crippen LogP contribution in [0.15, 0.2) is 59.9 Å². The monoisotopic (exact) mass is 525 g/mol. The van der Waals surface area contributed by atoms with Crippen LogP contribution < -0.4 is 21.1 Å². The summed E-state index contributed by atoms with van der Waals surface area (Å²) < 4.78 is 33.7. The molecule has 1 saturated carbocycles. The Kier molecular flexibility index (Phi) is 8.12. The van der Waals surface area contributed by atoms with Gasteiger partial charge in [-0.3, -0.25) is 9.59 Å². The number of oxime groups is 1. The molecule has 1 aliphatic rings. The molecule has 2 aromatic carbocycles. The van der Waals surface area contributed by atoms with Crippen molar-refractivity contribution >= 4 is 35.2 Å². The normalized spacial score (nSPS) is 13.7. The van der Waals surface area contributed by atoms with Crippen molar-refractivity contribution in [3.05, 3.63) is 71.9 Å². The van der Waals surface area contributed by atoms with Crippen LogP contribution in [-0.4, -0.2) is 41.3 Å². The van der Waals surface area contributed by atoms with E-state index in [0.717, 1.165) is 6.07 Å². The highest BCUT2D eigenvalue weighted by Crippen LogP contribution is 2.47. The number of rotatable bonds is 11. The first-order valence-corrected chi connectivity index (χ1v) is 11.7. The van der Waals surface area contributed by atoms with Gasteiger partial charge in [-0.25, -0.2) is 13.8 Å². The van der Waals surface area contributed by atoms with Crippen LogP contribution in [-0.2, 0) is 14.4 Å². The Morgan fingerprint density at radius 2 is 1.74 bits per heavy atom. The fraction of sp³-hybridized carbons (Fsp3) is 0.231. The average Bonchev–Trinajstić information content (AvgIpc) is 3.71. The predicted molar refractivity (Wildman–Crippen MR) is 136 cm³/mol. The van der Waals surface area contributed by atoms with Gasteiger partial charge in [0.2, 0.25) is 11.8 Å². The van der Waals surface area contributed by atoms with E-state index in [1.54, 1.807) is 0 Å². The smallest absolute Gasteiger partial charge is 0.240 e. The second-order valence-corrected chi connectivity index (χ2v) is 8.50. The average molecular weight is 526 g/mol. The quantitative estimate of drug-likeness (QED) is 0.129. The maximum Gasteiger partial charge on any atom is 0.240 e. The Morgan fingerprint density at radius 1 is 1.05 bits per heavy atom. The lowest BCUT2D eigenvalue weighted by atomic mass is 10.0. The first-order chi connectivity index (χ1) is 18.3. The number of anilines is 3. The van der Waals surface area contributed by atoms with E-state index in [1.165, 1.54) is 54.9 Å². The zero-order valence-electron chi connectivity index (χ0n) is 20.1. The molecule has 1 fully saturated rings. The summed E-state index contributed by atoms with van der Waals surface area (Å²) >= 11 is 0. The number of aromatic nitrogens is 1. The minimum atomic E-state index is -1.29. The van der Waals surface area contributed by atoms with Crippen molar-refractivity contribution in [3.63, 3.8) is 0 Å². The molecule has 12 heteroatoms. The molecule has 1 heterocycles. The van der Waals surface area contributed by atoms with Gasteiger partial charge in [0.05, 0.1) is 11.8 Å². The van der Waals surface area contributed by atoms with E-state index in [1.807, 2.05) is 0 Å². The van der Waals surface area contributed by atoms with E-state index in [-0.39, 0.29) is 41.8 Å².